The molecule has 1 aromatic heterocycles. The number of thiazole rings is 1. The number of carbonyl (C=O) groups excluding carboxylic acids is 2. The van der Waals surface area contributed by atoms with Crippen LogP contribution in [-0.2, 0) is 31.8 Å². The quantitative estimate of drug-likeness (QED) is 0.252. The molecule has 0 saturated carbocycles. The maximum atomic E-state index is 13.0. The molecule has 0 aliphatic rings. The van der Waals surface area contributed by atoms with Crippen LogP contribution < -0.4 is 21.1 Å². The number of carbonyl (C=O) groups is 2. The van der Waals surface area contributed by atoms with Crippen LogP contribution in [0.3, 0.4) is 0 Å². The van der Waals surface area contributed by atoms with Gasteiger partial charge in [-0.05, 0) is 29.7 Å². The Hall–Kier alpha value is -3.80. The first-order valence-corrected chi connectivity index (χ1v) is 13.6. The van der Waals surface area contributed by atoms with E-state index >= 15 is 0 Å². The Morgan fingerprint density at radius 1 is 0.917 bits per heavy atom. The highest BCUT2D eigenvalue weighted by Crippen LogP contribution is 2.29. The molecule has 9 nitrogen and oxygen atoms in total. The lowest BCUT2D eigenvalue weighted by atomic mass is 10.1. The second kappa shape index (κ2) is 11.3. The van der Waals surface area contributed by atoms with E-state index in [0.29, 0.717) is 21.9 Å². The number of hydrogen-bond donors (Lipinski definition) is 4. The Balaban J connectivity index is 1.43. The van der Waals surface area contributed by atoms with Crippen molar-refractivity contribution in [2.24, 2.45) is 0 Å². The molecule has 0 radical (unpaired) electrons. The number of hydrogen-bond acceptors (Lipinski definition) is 7. The highest BCUT2D eigenvalue weighted by atomic mass is 32.2. The fraction of sp³-hybridized carbons (Fsp3) is 0.160. The normalized spacial score (nSPS) is 12.2. The largest absolute Gasteiger partial charge is 0.375 e. The number of nitrogens with two attached hydrogens (primary N) is 1. The van der Waals surface area contributed by atoms with Crippen LogP contribution >= 0.6 is 11.3 Å². The zero-order chi connectivity index (χ0) is 25.5. The molecule has 0 aliphatic carbocycles. The van der Waals surface area contributed by atoms with Crippen LogP contribution in [0.1, 0.15) is 11.1 Å². The first-order valence-electron chi connectivity index (χ1n) is 11.1. The average molecular weight is 524 g/mol. The summed E-state index contributed by atoms with van der Waals surface area (Å²) >= 11 is 1.30. The fourth-order valence-electron chi connectivity index (χ4n) is 3.64. The number of nitrogen functional groups attached to an aromatic ring is 1. The molecule has 36 heavy (non-hydrogen) atoms. The van der Waals surface area contributed by atoms with E-state index in [9.17, 15) is 18.0 Å². The lowest BCUT2D eigenvalue weighted by Crippen LogP contribution is -2.49. The Labute approximate surface area is 212 Å². The highest BCUT2D eigenvalue weighted by Gasteiger charge is 2.25. The van der Waals surface area contributed by atoms with Gasteiger partial charge in [-0.2, -0.15) is 0 Å². The molecule has 0 unspecified atom stereocenters. The van der Waals surface area contributed by atoms with Crippen LogP contribution in [0.2, 0.25) is 0 Å². The maximum absolute atomic E-state index is 13.0. The van der Waals surface area contributed by atoms with Crippen molar-refractivity contribution in [2.45, 2.75) is 18.2 Å². The summed E-state index contributed by atoms with van der Waals surface area (Å²) in [6.45, 7) is -0.347. The number of para-hydroxylation sites is 1. The minimum Gasteiger partial charge on any atom is -0.375 e. The highest BCUT2D eigenvalue weighted by molar-refractivity contribution is 7.88. The third kappa shape index (κ3) is 6.87. The van der Waals surface area contributed by atoms with E-state index < -0.39 is 27.9 Å². The van der Waals surface area contributed by atoms with Gasteiger partial charge in [0.15, 0.2) is 5.13 Å². The topological polar surface area (TPSA) is 143 Å². The minimum absolute atomic E-state index is 0.125. The van der Waals surface area contributed by atoms with Crippen LogP contribution in [-0.4, -0.2) is 37.8 Å². The molecule has 3 aromatic carbocycles. The van der Waals surface area contributed by atoms with E-state index in [1.807, 2.05) is 24.3 Å². The van der Waals surface area contributed by atoms with Gasteiger partial charge in [0, 0.05) is 0 Å². The van der Waals surface area contributed by atoms with Gasteiger partial charge in [0.25, 0.3) is 0 Å². The Morgan fingerprint density at radius 2 is 1.58 bits per heavy atom. The summed E-state index contributed by atoms with van der Waals surface area (Å²) in [5, 5.41) is 5.64. The lowest BCUT2D eigenvalue weighted by molar-refractivity contribution is -0.125. The number of aromatic nitrogens is 1. The molecule has 5 N–H and O–H groups in total. The molecule has 4 aromatic rings. The summed E-state index contributed by atoms with van der Waals surface area (Å²) in [6, 6.07) is 22.0. The Morgan fingerprint density at radius 3 is 2.28 bits per heavy atom. The van der Waals surface area contributed by atoms with Crippen molar-refractivity contribution in [3.8, 4) is 0 Å². The molecule has 0 fully saturated rings. The van der Waals surface area contributed by atoms with Gasteiger partial charge in [-0.15, -0.1) is 0 Å². The monoisotopic (exact) mass is 523 g/mol. The number of benzene rings is 3. The van der Waals surface area contributed by atoms with Crippen molar-refractivity contribution in [3.63, 3.8) is 0 Å². The zero-order valence-corrected chi connectivity index (χ0v) is 20.8. The van der Waals surface area contributed by atoms with Crippen molar-refractivity contribution in [3.05, 3.63) is 90.0 Å². The SMILES string of the molecule is Nc1nc2c(NC(=O)CNC(=O)[C@@H](Cc3ccccc3)NS(=O)(=O)Cc3ccccc3)cccc2s1. The van der Waals surface area contributed by atoms with Crippen LogP contribution in [0.4, 0.5) is 10.8 Å². The van der Waals surface area contributed by atoms with Crippen LogP contribution in [0.25, 0.3) is 10.2 Å². The predicted octanol–water partition coefficient (Wildman–Crippen LogP) is 2.66. The number of sulfonamides is 1. The second-order valence-electron chi connectivity index (χ2n) is 8.08. The van der Waals surface area contributed by atoms with Crippen LogP contribution in [0.5, 0.6) is 0 Å². The van der Waals surface area contributed by atoms with Gasteiger partial charge >= 0.3 is 0 Å². The summed E-state index contributed by atoms with van der Waals surface area (Å²) in [7, 11) is -3.84. The summed E-state index contributed by atoms with van der Waals surface area (Å²) < 4.78 is 29.0. The standard InChI is InChI=1S/C25H25N5O4S2/c26-25-29-23-19(12-7-13-21(23)35-25)28-22(31)15-27-24(32)20(14-17-8-3-1-4-9-17)30-36(33,34)16-18-10-5-2-6-11-18/h1-13,20,30H,14-16H2,(H2,26,29)(H,27,32)(H,28,31)/t20-/m1/s1. The van der Waals surface area contributed by atoms with Gasteiger partial charge in [0.05, 0.1) is 22.7 Å². The smallest absolute Gasteiger partial charge is 0.243 e. The molecule has 0 bridgehead atoms. The number of rotatable bonds is 10. The van der Waals surface area contributed by atoms with E-state index in [1.54, 1.807) is 54.6 Å². The Kier molecular flexibility index (Phi) is 7.93. The van der Waals surface area contributed by atoms with Gasteiger partial charge in [-0.1, -0.05) is 78.1 Å². The van der Waals surface area contributed by atoms with E-state index in [4.69, 9.17) is 5.73 Å². The summed E-state index contributed by atoms with van der Waals surface area (Å²) in [4.78, 5) is 29.8. The van der Waals surface area contributed by atoms with E-state index in [-0.39, 0.29) is 18.7 Å². The molecule has 186 valence electrons. The summed E-state index contributed by atoms with van der Waals surface area (Å²) in [5.74, 6) is -1.36. The number of amides is 2. The average Bonchev–Trinajstić information content (AvgIpc) is 3.24. The minimum atomic E-state index is -3.84. The number of fused-ring (bicyclic) bond motifs is 1. The van der Waals surface area contributed by atoms with Crippen molar-refractivity contribution in [2.75, 3.05) is 17.6 Å². The van der Waals surface area contributed by atoms with Crippen LogP contribution in [0.15, 0.2) is 78.9 Å². The number of nitrogens with one attached hydrogen (secondary N) is 3. The van der Waals surface area contributed by atoms with Crippen molar-refractivity contribution in [1.82, 2.24) is 15.0 Å². The molecule has 11 heteroatoms. The fourth-order valence-corrected chi connectivity index (χ4v) is 5.74. The van der Waals surface area contributed by atoms with Crippen LogP contribution in [0, 0.1) is 0 Å². The molecule has 0 spiro atoms. The second-order valence-corrected chi connectivity index (χ2v) is 10.9. The van der Waals surface area contributed by atoms with Gasteiger partial charge < -0.3 is 16.4 Å². The van der Waals surface area contributed by atoms with Gasteiger partial charge in [0.1, 0.15) is 11.6 Å². The summed E-state index contributed by atoms with van der Waals surface area (Å²) in [5.41, 5.74) is 8.18. The molecular weight excluding hydrogens is 498 g/mol. The molecular formula is C25H25N5O4S2. The van der Waals surface area contributed by atoms with Crippen molar-refractivity contribution in [1.29, 1.82) is 0 Å². The zero-order valence-electron chi connectivity index (χ0n) is 19.2. The van der Waals surface area contributed by atoms with E-state index in [0.717, 1.165) is 10.3 Å². The summed E-state index contributed by atoms with van der Waals surface area (Å²) in [6.07, 6.45) is 0.125. The number of nitrogens with zero attached hydrogens (tertiary/aromatic N) is 1. The molecule has 0 saturated heterocycles. The van der Waals surface area contributed by atoms with E-state index in [1.165, 1.54) is 11.3 Å². The first-order chi connectivity index (χ1) is 17.3. The maximum Gasteiger partial charge on any atom is 0.243 e. The first kappa shape index (κ1) is 25.3. The third-order valence-corrected chi connectivity index (χ3v) is 7.46. The number of anilines is 2. The van der Waals surface area contributed by atoms with Crippen molar-refractivity contribution >= 4 is 54.2 Å². The molecule has 4 rings (SSSR count). The van der Waals surface area contributed by atoms with Gasteiger partial charge in [0.2, 0.25) is 21.8 Å². The lowest BCUT2D eigenvalue weighted by Gasteiger charge is -2.19. The third-order valence-electron chi connectivity index (χ3n) is 5.25. The van der Waals surface area contributed by atoms with Gasteiger partial charge in [-0.25, -0.2) is 18.1 Å². The molecule has 2 amide bonds. The Bertz CT molecular complexity index is 1460. The van der Waals surface area contributed by atoms with Crippen molar-refractivity contribution < 1.29 is 18.0 Å². The van der Waals surface area contributed by atoms with E-state index in [2.05, 4.69) is 20.3 Å². The van der Waals surface area contributed by atoms with Gasteiger partial charge in [-0.3, -0.25) is 9.59 Å². The molecule has 1 atom stereocenters. The molecule has 1 heterocycles. The molecule has 0 aliphatic heterocycles. The predicted molar refractivity (Wildman–Crippen MR) is 142 cm³/mol.